The second kappa shape index (κ2) is 3.57. The highest BCUT2D eigenvalue weighted by Crippen LogP contribution is 2.55. The van der Waals surface area contributed by atoms with E-state index < -0.39 is 0 Å². The van der Waals surface area contributed by atoms with Gasteiger partial charge in [0.2, 0.25) is 0 Å². The summed E-state index contributed by atoms with van der Waals surface area (Å²) in [6.07, 6.45) is 5.67. The summed E-state index contributed by atoms with van der Waals surface area (Å²) in [7, 11) is 0. The summed E-state index contributed by atoms with van der Waals surface area (Å²) in [5, 5.41) is 0. The minimum Gasteiger partial charge on any atom is -0.463 e. The maximum absolute atomic E-state index is 11.5. The fourth-order valence-electron chi connectivity index (χ4n) is 2.97. The summed E-state index contributed by atoms with van der Waals surface area (Å²) in [6, 6.07) is 0. The summed E-state index contributed by atoms with van der Waals surface area (Å²) in [5.74, 6) is -0.258. The van der Waals surface area contributed by atoms with E-state index in [1.165, 1.54) is 0 Å². The zero-order valence-corrected chi connectivity index (χ0v) is 9.40. The van der Waals surface area contributed by atoms with Crippen LogP contribution in [0.25, 0.3) is 0 Å². The molecule has 4 aliphatic rings. The van der Waals surface area contributed by atoms with E-state index in [-0.39, 0.29) is 24.0 Å². The summed E-state index contributed by atoms with van der Waals surface area (Å²) in [4.78, 5) is 11.5. The van der Waals surface area contributed by atoms with E-state index in [2.05, 4.69) is 0 Å². The van der Waals surface area contributed by atoms with Crippen LogP contribution in [0.2, 0.25) is 0 Å². The summed E-state index contributed by atoms with van der Waals surface area (Å²) < 4.78 is 16.4. The number of carbonyl (C=O) groups excluding carboxylic acids is 1. The Morgan fingerprint density at radius 3 is 3.25 bits per heavy atom. The van der Waals surface area contributed by atoms with Crippen LogP contribution in [-0.4, -0.2) is 30.6 Å². The van der Waals surface area contributed by atoms with Gasteiger partial charge in [0.1, 0.15) is 5.60 Å². The van der Waals surface area contributed by atoms with Gasteiger partial charge in [0.15, 0.2) is 6.29 Å². The number of ether oxygens (including phenoxy) is 3. The maximum Gasteiger partial charge on any atom is 0.330 e. The van der Waals surface area contributed by atoms with Gasteiger partial charge in [-0.2, -0.15) is 0 Å². The predicted molar refractivity (Wildman–Crippen MR) is 55.7 cm³/mol. The molecule has 1 aliphatic carbocycles. The molecule has 4 heteroatoms. The lowest BCUT2D eigenvalue weighted by atomic mass is 9.74. The topological polar surface area (TPSA) is 44.8 Å². The molecular formula is C12H16O4. The molecule has 1 spiro atoms. The Morgan fingerprint density at radius 2 is 2.50 bits per heavy atom. The Bertz CT molecular complexity index is 341. The van der Waals surface area contributed by atoms with E-state index in [4.69, 9.17) is 14.2 Å². The average Bonchev–Trinajstić information content (AvgIpc) is 2.72. The quantitative estimate of drug-likeness (QED) is 0.527. The van der Waals surface area contributed by atoms with E-state index in [1.54, 1.807) is 6.08 Å². The van der Waals surface area contributed by atoms with Crippen molar-refractivity contribution in [1.29, 1.82) is 0 Å². The minimum absolute atomic E-state index is 0.0336. The predicted octanol–water partition coefficient (Wildman–Crippen LogP) is 1.54. The van der Waals surface area contributed by atoms with Gasteiger partial charge in [-0.15, -0.1) is 0 Å². The number of carbonyl (C=O) groups is 1. The Labute approximate surface area is 94.5 Å². The number of esters is 1. The van der Waals surface area contributed by atoms with Crippen molar-refractivity contribution in [1.82, 2.24) is 0 Å². The molecule has 3 unspecified atom stereocenters. The first-order chi connectivity index (χ1) is 7.74. The summed E-state index contributed by atoms with van der Waals surface area (Å²) in [5.41, 5.74) is 0.784. The lowest BCUT2D eigenvalue weighted by molar-refractivity contribution is -0.178. The molecule has 2 bridgehead atoms. The van der Waals surface area contributed by atoms with Crippen LogP contribution in [0.3, 0.4) is 0 Å². The number of hydrogen-bond donors (Lipinski definition) is 0. The smallest absolute Gasteiger partial charge is 0.330 e. The van der Waals surface area contributed by atoms with E-state index in [0.717, 1.165) is 31.3 Å². The molecule has 1 saturated carbocycles. The maximum atomic E-state index is 11.5. The molecule has 16 heavy (non-hydrogen) atoms. The lowest BCUT2D eigenvalue weighted by Crippen LogP contribution is -2.50. The molecule has 3 atom stereocenters. The van der Waals surface area contributed by atoms with Gasteiger partial charge in [0.05, 0.1) is 12.7 Å². The van der Waals surface area contributed by atoms with E-state index in [9.17, 15) is 4.79 Å². The molecule has 88 valence electrons. The third kappa shape index (κ3) is 1.33. The Balaban J connectivity index is 1.81. The van der Waals surface area contributed by atoms with Gasteiger partial charge >= 0.3 is 5.97 Å². The SMILES string of the molecule is CCOC(=O)/C=C1\CCCC2OC3CC12O3. The van der Waals surface area contributed by atoms with Crippen molar-refractivity contribution < 1.29 is 19.0 Å². The molecule has 3 heterocycles. The third-order valence-corrected chi connectivity index (χ3v) is 3.68. The highest BCUT2D eigenvalue weighted by molar-refractivity contribution is 5.83. The van der Waals surface area contributed by atoms with Gasteiger partial charge in [-0.05, 0) is 31.8 Å². The van der Waals surface area contributed by atoms with Crippen molar-refractivity contribution in [2.75, 3.05) is 6.61 Å². The van der Waals surface area contributed by atoms with E-state index in [0.29, 0.717) is 6.61 Å². The monoisotopic (exact) mass is 224 g/mol. The van der Waals surface area contributed by atoms with Gasteiger partial charge < -0.3 is 14.2 Å². The van der Waals surface area contributed by atoms with Crippen LogP contribution in [-0.2, 0) is 19.0 Å². The Hall–Kier alpha value is -0.870. The molecule has 4 rings (SSSR count). The molecule has 0 aromatic rings. The van der Waals surface area contributed by atoms with Crippen molar-refractivity contribution in [3.8, 4) is 0 Å². The fourth-order valence-corrected chi connectivity index (χ4v) is 2.97. The fraction of sp³-hybridized carbons (Fsp3) is 0.750. The minimum atomic E-state index is -0.282. The Kier molecular flexibility index (Phi) is 2.30. The molecule has 3 aliphatic heterocycles. The second-order valence-electron chi connectivity index (χ2n) is 4.58. The van der Waals surface area contributed by atoms with Crippen LogP contribution in [0, 0.1) is 0 Å². The van der Waals surface area contributed by atoms with E-state index in [1.807, 2.05) is 6.92 Å². The van der Waals surface area contributed by atoms with Gasteiger partial charge in [0, 0.05) is 12.5 Å². The molecule has 0 amide bonds. The van der Waals surface area contributed by atoms with Gasteiger partial charge in [-0.1, -0.05) is 0 Å². The van der Waals surface area contributed by atoms with Crippen molar-refractivity contribution >= 4 is 5.97 Å². The number of hydrogen-bond acceptors (Lipinski definition) is 4. The molecule has 3 saturated heterocycles. The van der Waals surface area contributed by atoms with Crippen molar-refractivity contribution in [2.24, 2.45) is 0 Å². The first kappa shape index (κ1) is 10.3. The Morgan fingerprint density at radius 1 is 1.69 bits per heavy atom. The van der Waals surface area contributed by atoms with Crippen LogP contribution in [0.1, 0.15) is 32.6 Å². The van der Waals surface area contributed by atoms with Crippen molar-refractivity contribution in [3.63, 3.8) is 0 Å². The molecule has 0 aromatic carbocycles. The van der Waals surface area contributed by atoms with Gasteiger partial charge in [-0.3, -0.25) is 0 Å². The van der Waals surface area contributed by atoms with Crippen LogP contribution >= 0.6 is 0 Å². The second-order valence-corrected chi connectivity index (χ2v) is 4.58. The molecule has 4 fully saturated rings. The summed E-state index contributed by atoms with van der Waals surface area (Å²) in [6.45, 7) is 2.23. The zero-order valence-electron chi connectivity index (χ0n) is 9.40. The standard InChI is InChI=1S/C12H16O4/c1-2-14-10(13)6-8-4-3-5-9-12(8)7-11(15-9)16-12/h6,9,11H,2-5,7H2,1H3/b8-6+. The van der Waals surface area contributed by atoms with Crippen LogP contribution in [0.15, 0.2) is 11.6 Å². The first-order valence-electron chi connectivity index (χ1n) is 5.95. The third-order valence-electron chi connectivity index (χ3n) is 3.68. The van der Waals surface area contributed by atoms with Gasteiger partial charge in [-0.25, -0.2) is 4.79 Å². The van der Waals surface area contributed by atoms with Crippen molar-refractivity contribution in [2.45, 2.75) is 50.6 Å². The van der Waals surface area contributed by atoms with Crippen molar-refractivity contribution in [3.05, 3.63) is 11.6 Å². The average molecular weight is 224 g/mol. The van der Waals surface area contributed by atoms with Gasteiger partial charge in [0.25, 0.3) is 0 Å². The molecule has 0 aromatic heterocycles. The molecule has 0 radical (unpaired) electrons. The highest BCUT2D eigenvalue weighted by Gasteiger charge is 2.63. The van der Waals surface area contributed by atoms with Crippen LogP contribution < -0.4 is 0 Å². The highest BCUT2D eigenvalue weighted by atomic mass is 16.8. The lowest BCUT2D eigenvalue weighted by Gasteiger charge is -2.42. The van der Waals surface area contributed by atoms with E-state index >= 15 is 0 Å². The van der Waals surface area contributed by atoms with Crippen LogP contribution in [0.4, 0.5) is 0 Å². The zero-order chi connectivity index (χ0) is 11.2. The first-order valence-corrected chi connectivity index (χ1v) is 5.95. The molecule has 0 N–H and O–H groups in total. The summed E-state index contributed by atoms with van der Waals surface area (Å²) >= 11 is 0. The van der Waals surface area contributed by atoms with Crippen LogP contribution in [0.5, 0.6) is 0 Å². The molecule has 4 nitrogen and oxygen atoms in total. The normalized spacial score (nSPS) is 42.7. The molecular weight excluding hydrogens is 208 g/mol. The number of rotatable bonds is 2. The largest absolute Gasteiger partial charge is 0.463 e.